The van der Waals surface area contributed by atoms with E-state index in [0.29, 0.717) is 16.9 Å². The van der Waals surface area contributed by atoms with Gasteiger partial charge >= 0.3 is 6.18 Å². The van der Waals surface area contributed by atoms with E-state index in [1.807, 2.05) is 0 Å². The molecular weight excluding hydrogens is 305 g/mol. The van der Waals surface area contributed by atoms with Gasteiger partial charge in [0.1, 0.15) is 11.3 Å². The Morgan fingerprint density at radius 2 is 1.95 bits per heavy atom. The summed E-state index contributed by atoms with van der Waals surface area (Å²) in [6.07, 6.45) is -3.09. The van der Waals surface area contributed by atoms with Crippen LogP contribution in [0.25, 0.3) is 22.6 Å². The molecule has 21 heavy (non-hydrogen) atoms. The van der Waals surface area contributed by atoms with Crippen LogP contribution < -0.4 is 5.73 Å². The molecule has 108 valence electrons. The van der Waals surface area contributed by atoms with Crippen LogP contribution in [0.3, 0.4) is 0 Å². The third-order valence-electron chi connectivity index (χ3n) is 2.90. The number of nitrogens with one attached hydrogen (secondary N) is 1. The lowest BCUT2D eigenvalue weighted by Crippen LogP contribution is -2.06. The highest BCUT2D eigenvalue weighted by molar-refractivity contribution is 6.31. The molecule has 0 saturated heterocycles. The van der Waals surface area contributed by atoms with Crippen molar-refractivity contribution in [1.29, 1.82) is 0 Å². The summed E-state index contributed by atoms with van der Waals surface area (Å²) in [6, 6.07) is 5.18. The molecule has 0 saturated carbocycles. The minimum Gasteiger partial charge on any atom is -0.397 e. The molecule has 8 heteroatoms. The van der Waals surface area contributed by atoms with Gasteiger partial charge in [-0.3, -0.25) is 0 Å². The molecule has 0 amide bonds. The highest BCUT2D eigenvalue weighted by Crippen LogP contribution is 2.36. The van der Waals surface area contributed by atoms with Crippen LogP contribution in [0, 0.1) is 0 Å². The van der Waals surface area contributed by atoms with Gasteiger partial charge in [0.25, 0.3) is 0 Å². The maximum Gasteiger partial charge on any atom is 0.417 e. The second kappa shape index (κ2) is 4.63. The summed E-state index contributed by atoms with van der Waals surface area (Å²) in [5.41, 5.74) is 6.30. The Morgan fingerprint density at radius 3 is 2.67 bits per heavy atom. The third-order valence-corrected chi connectivity index (χ3v) is 3.23. The van der Waals surface area contributed by atoms with Crippen molar-refractivity contribution >= 4 is 28.5 Å². The maximum atomic E-state index is 12.9. The van der Waals surface area contributed by atoms with Gasteiger partial charge in [0, 0.05) is 5.56 Å². The summed E-state index contributed by atoms with van der Waals surface area (Å²) in [6.45, 7) is 0. The number of imidazole rings is 1. The molecule has 0 aliphatic carbocycles. The van der Waals surface area contributed by atoms with Crippen LogP contribution in [0.1, 0.15) is 5.56 Å². The number of H-pyrrole nitrogens is 1. The van der Waals surface area contributed by atoms with Gasteiger partial charge in [-0.05, 0) is 24.3 Å². The van der Waals surface area contributed by atoms with Crippen molar-refractivity contribution in [2.75, 3.05) is 5.73 Å². The quantitative estimate of drug-likeness (QED) is 0.716. The molecule has 0 aliphatic heterocycles. The van der Waals surface area contributed by atoms with E-state index in [4.69, 9.17) is 17.3 Å². The molecule has 1 aromatic carbocycles. The lowest BCUT2D eigenvalue weighted by Gasteiger charge is -2.09. The summed E-state index contributed by atoms with van der Waals surface area (Å²) in [7, 11) is 0. The SMILES string of the molecule is Nc1cnc2[nH]c(-c3ccc(Cl)c(C(F)(F)F)c3)nc2c1. The molecule has 0 atom stereocenters. The first kappa shape index (κ1) is 13.7. The molecule has 0 spiro atoms. The molecule has 2 heterocycles. The number of hydrogen-bond acceptors (Lipinski definition) is 3. The number of pyridine rings is 1. The standard InChI is InChI=1S/C13H8ClF3N4/c14-9-2-1-6(3-8(9)13(15,16)17)11-20-10-4-7(18)5-19-12(10)21-11/h1-5H,18H2,(H,19,20,21). The zero-order valence-corrected chi connectivity index (χ0v) is 11.1. The second-order valence-electron chi connectivity index (χ2n) is 4.41. The Bertz CT molecular complexity index is 826. The molecule has 0 unspecified atom stereocenters. The molecule has 2 aromatic heterocycles. The number of anilines is 1. The van der Waals surface area contributed by atoms with Crippen LogP contribution >= 0.6 is 11.6 Å². The Morgan fingerprint density at radius 1 is 1.19 bits per heavy atom. The Labute approximate surface area is 121 Å². The zero-order valence-electron chi connectivity index (χ0n) is 10.4. The normalized spacial score (nSPS) is 12.0. The molecule has 0 radical (unpaired) electrons. The van der Waals surface area contributed by atoms with Gasteiger partial charge in [0.05, 0.1) is 22.5 Å². The van der Waals surface area contributed by atoms with Crippen LogP contribution in [0.4, 0.5) is 18.9 Å². The monoisotopic (exact) mass is 312 g/mol. The lowest BCUT2D eigenvalue weighted by molar-refractivity contribution is -0.137. The first-order valence-electron chi connectivity index (χ1n) is 5.83. The average Bonchev–Trinajstić information content (AvgIpc) is 2.80. The van der Waals surface area contributed by atoms with E-state index < -0.39 is 11.7 Å². The molecule has 0 aliphatic rings. The number of fused-ring (bicyclic) bond motifs is 1. The lowest BCUT2D eigenvalue weighted by atomic mass is 10.1. The van der Waals surface area contributed by atoms with Crippen molar-refractivity contribution in [3.63, 3.8) is 0 Å². The van der Waals surface area contributed by atoms with Crippen molar-refractivity contribution in [2.45, 2.75) is 6.18 Å². The fourth-order valence-electron chi connectivity index (χ4n) is 1.94. The van der Waals surface area contributed by atoms with Crippen LogP contribution in [0.5, 0.6) is 0 Å². The van der Waals surface area contributed by atoms with Crippen molar-refractivity contribution < 1.29 is 13.2 Å². The number of alkyl halides is 3. The topological polar surface area (TPSA) is 67.6 Å². The fraction of sp³-hybridized carbons (Fsp3) is 0.0769. The number of nitrogens with zero attached hydrogens (tertiary/aromatic N) is 2. The molecule has 4 nitrogen and oxygen atoms in total. The van der Waals surface area contributed by atoms with Crippen molar-refractivity contribution in [1.82, 2.24) is 15.0 Å². The number of rotatable bonds is 1. The third kappa shape index (κ3) is 2.52. The smallest absolute Gasteiger partial charge is 0.397 e. The summed E-state index contributed by atoms with van der Waals surface area (Å²) in [5, 5.41) is -0.357. The predicted octanol–water partition coefficient (Wildman–Crippen LogP) is 3.88. The maximum absolute atomic E-state index is 12.9. The minimum absolute atomic E-state index is 0.267. The van der Waals surface area contributed by atoms with E-state index in [-0.39, 0.29) is 16.4 Å². The molecular formula is C13H8ClF3N4. The van der Waals surface area contributed by atoms with Crippen molar-refractivity contribution in [3.05, 3.63) is 41.0 Å². The molecule has 0 bridgehead atoms. The number of halogens is 4. The van der Waals surface area contributed by atoms with E-state index in [0.717, 1.165) is 6.07 Å². The van der Waals surface area contributed by atoms with Gasteiger partial charge in [0.15, 0.2) is 5.65 Å². The first-order valence-corrected chi connectivity index (χ1v) is 6.21. The van der Waals surface area contributed by atoms with E-state index in [9.17, 15) is 13.2 Å². The summed E-state index contributed by atoms with van der Waals surface area (Å²) >= 11 is 5.59. The molecule has 3 N–H and O–H groups in total. The largest absolute Gasteiger partial charge is 0.417 e. The number of aromatic nitrogens is 3. The van der Waals surface area contributed by atoms with Crippen LogP contribution in [0.15, 0.2) is 30.5 Å². The van der Waals surface area contributed by atoms with Crippen LogP contribution in [-0.4, -0.2) is 15.0 Å². The van der Waals surface area contributed by atoms with E-state index in [1.54, 1.807) is 6.07 Å². The summed E-state index contributed by atoms with van der Waals surface area (Å²) < 4.78 is 38.6. The van der Waals surface area contributed by atoms with Gasteiger partial charge < -0.3 is 10.7 Å². The zero-order chi connectivity index (χ0) is 15.2. The average molecular weight is 313 g/mol. The number of hydrogen-bond donors (Lipinski definition) is 2. The second-order valence-corrected chi connectivity index (χ2v) is 4.82. The van der Waals surface area contributed by atoms with E-state index in [1.165, 1.54) is 18.3 Å². The Hall–Kier alpha value is -2.28. The minimum atomic E-state index is -4.53. The van der Waals surface area contributed by atoms with Gasteiger partial charge in [0.2, 0.25) is 0 Å². The van der Waals surface area contributed by atoms with Gasteiger partial charge in [-0.1, -0.05) is 11.6 Å². The van der Waals surface area contributed by atoms with Crippen molar-refractivity contribution in [3.8, 4) is 11.4 Å². The van der Waals surface area contributed by atoms with E-state index in [2.05, 4.69) is 15.0 Å². The fourth-order valence-corrected chi connectivity index (χ4v) is 2.16. The van der Waals surface area contributed by atoms with E-state index >= 15 is 0 Å². The van der Waals surface area contributed by atoms with Crippen molar-refractivity contribution in [2.24, 2.45) is 0 Å². The number of nitrogens with two attached hydrogens (primary N) is 1. The van der Waals surface area contributed by atoms with Crippen LogP contribution in [-0.2, 0) is 6.18 Å². The highest BCUT2D eigenvalue weighted by Gasteiger charge is 2.33. The number of benzene rings is 1. The van der Waals surface area contributed by atoms with Gasteiger partial charge in [-0.15, -0.1) is 0 Å². The van der Waals surface area contributed by atoms with Gasteiger partial charge in [-0.2, -0.15) is 13.2 Å². The molecule has 3 aromatic rings. The molecule has 3 rings (SSSR count). The first-order chi connectivity index (χ1) is 9.84. The highest BCUT2D eigenvalue weighted by atomic mass is 35.5. The van der Waals surface area contributed by atoms with Crippen LogP contribution in [0.2, 0.25) is 5.02 Å². The van der Waals surface area contributed by atoms with Gasteiger partial charge in [-0.25, -0.2) is 9.97 Å². The predicted molar refractivity (Wildman–Crippen MR) is 73.7 cm³/mol. The summed E-state index contributed by atoms with van der Waals surface area (Å²) in [5.74, 6) is 0.269. The Balaban J connectivity index is 2.14. The number of aromatic amines is 1. The summed E-state index contributed by atoms with van der Waals surface area (Å²) in [4.78, 5) is 11.1. The molecule has 0 fully saturated rings. The Kier molecular flexibility index (Phi) is 3.02. The number of nitrogen functional groups attached to an aromatic ring is 1.